The van der Waals surface area contributed by atoms with Crippen LogP contribution in [-0.4, -0.2) is 23.9 Å². The van der Waals surface area contributed by atoms with Gasteiger partial charge in [-0.15, -0.1) is 0 Å². The molecule has 6 nitrogen and oxygen atoms in total. The van der Waals surface area contributed by atoms with Crippen LogP contribution in [0, 0.1) is 5.82 Å². The SMILES string of the molecule is O=c1cc(-c2ccncn2)nc2n(CCc3cccc(F)c3)ccn12. The van der Waals surface area contributed by atoms with Crippen molar-refractivity contribution in [3.8, 4) is 11.4 Å². The molecule has 0 N–H and O–H groups in total. The number of imidazole rings is 1. The topological polar surface area (TPSA) is 65.1 Å². The fourth-order valence-electron chi connectivity index (χ4n) is 2.73. The standard InChI is InChI=1S/C18H14FN5O/c19-14-3-1-2-13(10-14)5-7-23-8-9-24-17(25)11-16(22-18(23)24)15-4-6-20-12-21-15/h1-4,6,8-12H,5,7H2. The molecular formula is C18H14FN5O. The summed E-state index contributed by atoms with van der Waals surface area (Å²) in [5, 5.41) is 0. The van der Waals surface area contributed by atoms with Gasteiger partial charge in [-0.3, -0.25) is 9.20 Å². The maximum absolute atomic E-state index is 13.3. The zero-order valence-corrected chi connectivity index (χ0v) is 13.2. The van der Waals surface area contributed by atoms with Crippen LogP contribution >= 0.6 is 0 Å². The second-order valence-corrected chi connectivity index (χ2v) is 5.62. The molecule has 3 aromatic heterocycles. The first-order chi connectivity index (χ1) is 12.2. The summed E-state index contributed by atoms with van der Waals surface area (Å²) < 4.78 is 16.7. The van der Waals surface area contributed by atoms with Gasteiger partial charge in [0.2, 0.25) is 5.78 Å². The summed E-state index contributed by atoms with van der Waals surface area (Å²) in [6, 6.07) is 9.65. The van der Waals surface area contributed by atoms with E-state index in [0.29, 0.717) is 30.1 Å². The van der Waals surface area contributed by atoms with E-state index in [1.807, 2.05) is 10.6 Å². The van der Waals surface area contributed by atoms with Gasteiger partial charge in [-0.1, -0.05) is 12.1 Å². The van der Waals surface area contributed by atoms with E-state index in [-0.39, 0.29) is 11.4 Å². The number of rotatable bonds is 4. The second kappa shape index (κ2) is 6.27. The molecule has 0 amide bonds. The smallest absolute Gasteiger partial charge is 0.259 e. The first kappa shape index (κ1) is 15.2. The van der Waals surface area contributed by atoms with E-state index in [9.17, 15) is 9.18 Å². The molecular weight excluding hydrogens is 321 g/mol. The van der Waals surface area contributed by atoms with Crippen molar-refractivity contribution in [2.45, 2.75) is 13.0 Å². The molecule has 0 atom stereocenters. The van der Waals surface area contributed by atoms with Crippen molar-refractivity contribution in [1.82, 2.24) is 23.9 Å². The lowest BCUT2D eigenvalue weighted by molar-refractivity contribution is 0.622. The van der Waals surface area contributed by atoms with E-state index >= 15 is 0 Å². The van der Waals surface area contributed by atoms with Gasteiger partial charge in [-0.05, 0) is 30.2 Å². The lowest BCUT2D eigenvalue weighted by Crippen LogP contribution is -2.14. The molecule has 1 aromatic carbocycles. The Bertz CT molecular complexity index is 1090. The van der Waals surface area contributed by atoms with Gasteiger partial charge in [0.1, 0.15) is 12.1 Å². The molecule has 4 aromatic rings. The van der Waals surface area contributed by atoms with Gasteiger partial charge >= 0.3 is 0 Å². The third kappa shape index (κ3) is 3.03. The molecule has 0 unspecified atom stereocenters. The highest BCUT2D eigenvalue weighted by atomic mass is 19.1. The molecule has 0 aliphatic heterocycles. The van der Waals surface area contributed by atoms with E-state index in [1.165, 1.54) is 28.9 Å². The molecule has 0 aliphatic carbocycles. The Labute approximate surface area is 142 Å². The van der Waals surface area contributed by atoms with Gasteiger partial charge in [0.15, 0.2) is 0 Å². The van der Waals surface area contributed by atoms with Crippen molar-refractivity contribution in [1.29, 1.82) is 0 Å². The van der Waals surface area contributed by atoms with Crippen molar-refractivity contribution in [2.75, 3.05) is 0 Å². The average Bonchev–Trinajstić information content (AvgIpc) is 3.04. The van der Waals surface area contributed by atoms with Crippen LogP contribution in [0.2, 0.25) is 0 Å². The van der Waals surface area contributed by atoms with Crippen LogP contribution in [0.1, 0.15) is 5.56 Å². The van der Waals surface area contributed by atoms with Crippen molar-refractivity contribution in [3.05, 3.63) is 83.1 Å². The zero-order valence-electron chi connectivity index (χ0n) is 13.2. The quantitative estimate of drug-likeness (QED) is 0.574. The number of hydrogen-bond donors (Lipinski definition) is 0. The Hall–Kier alpha value is -3.35. The predicted molar refractivity (Wildman–Crippen MR) is 90.6 cm³/mol. The normalized spacial score (nSPS) is 11.1. The van der Waals surface area contributed by atoms with Crippen LogP contribution in [0.15, 0.2) is 66.1 Å². The second-order valence-electron chi connectivity index (χ2n) is 5.62. The summed E-state index contributed by atoms with van der Waals surface area (Å²) in [5.41, 5.74) is 1.80. The van der Waals surface area contributed by atoms with E-state index < -0.39 is 0 Å². The number of fused-ring (bicyclic) bond motifs is 1. The summed E-state index contributed by atoms with van der Waals surface area (Å²) in [4.78, 5) is 24.9. The number of aryl methyl sites for hydroxylation is 2. The zero-order chi connectivity index (χ0) is 17.2. The van der Waals surface area contributed by atoms with Gasteiger partial charge in [-0.2, -0.15) is 0 Å². The highest BCUT2D eigenvalue weighted by Gasteiger charge is 2.09. The molecule has 7 heteroatoms. The molecule has 0 fully saturated rings. The van der Waals surface area contributed by atoms with Crippen molar-refractivity contribution < 1.29 is 4.39 Å². The average molecular weight is 335 g/mol. The molecule has 4 rings (SSSR count). The minimum Gasteiger partial charge on any atom is -0.316 e. The van der Waals surface area contributed by atoms with Crippen LogP contribution in [-0.2, 0) is 13.0 Å². The fourth-order valence-corrected chi connectivity index (χ4v) is 2.73. The molecule has 25 heavy (non-hydrogen) atoms. The molecule has 0 radical (unpaired) electrons. The molecule has 0 spiro atoms. The number of hydrogen-bond acceptors (Lipinski definition) is 4. The van der Waals surface area contributed by atoms with E-state index in [1.54, 1.807) is 30.7 Å². The first-order valence-electron chi connectivity index (χ1n) is 7.80. The van der Waals surface area contributed by atoms with Crippen LogP contribution in [0.4, 0.5) is 4.39 Å². The maximum atomic E-state index is 13.3. The monoisotopic (exact) mass is 335 g/mol. The minimum atomic E-state index is -0.254. The lowest BCUT2D eigenvalue weighted by atomic mass is 10.1. The summed E-state index contributed by atoms with van der Waals surface area (Å²) in [6.07, 6.45) is 7.14. The Balaban J connectivity index is 1.70. The van der Waals surface area contributed by atoms with Crippen LogP contribution in [0.25, 0.3) is 17.2 Å². The number of halogens is 1. The van der Waals surface area contributed by atoms with E-state index in [4.69, 9.17) is 0 Å². The van der Waals surface area contributed by atoms with Crippen molar-refractivity contribution >= 4 is 5.78 Å². The lowest BCUT2D eigenvalue weighted by Gasteiger charge is -2.06. The van der Waals surface area contributed by atoms with Gasteiger partial charge in [0, 0.05) is 31.2 Å². The Morgan fingerprint density at radius 2 is 2.00 bits per heavy atom. The van der Waals surface area contributed by atoms with Gasteiger partial charge in [-0.25, -0.2) is 19.3 Å². The Kier molecular flexibility index (Phi) is 3.81. The Morgan fingerprint density at radius 1 is 1.08 bits per heavy atom. The fraction of sp³-hybridized carbons (Fsp3) is 0.111. The van der Waals surface area contributed by atoms with Crippen LogP contribution in [0.3, 0.4) is 0 Å². The maximum Gasteiger partial charge on any atom is 0.259 e. The predicted octanol–water partition coefficient (Wildman–Crippen LogP) is 2.33. The summed E-state index contributed by atoms with van der Waals surface area (Å²) in [7, 11) is 0. The molecule has 0 saturated heterocycles. The molecule has 0 aliphatic rings. The summed E-state index contributed by atoms with van der Waals surface area (Å²) in [5.74, 6) is 0.271. The van der Waals surface area contributed by atoms with E-state index in [0.717, 1.165) is 5.56 Å². The molecule has 0 saturated carbocycles. The number of benzene rings is 1. The molecule has 3 heterocycles. The number of nitrogens with zero attached hydrogens (tertiary/aromatic N) is 5. The third-order valence-corrected chi connectivity index (χ3v) is 3.96. The number of aromatic nitrogens is 5. The third-order valence-electron chi connectivity index (χ3n) is 3.96. The minimum absolute atomic E-state index is 0.178. The Morgan fingerprint density at radius 3 is 2.80 bits per heavy atom. The molecule has 0 bridgehead atoms. The highest BCUT2D eigenvalue weighted by molar-refractivity contribution is 5.55. The van der Waals surface area contributed by atoms with Crippen molar-refractivity contribution in [2.24, 2.45) is 0 Å². The van der Waals surface area contributed by atoms with E-state index in [2.05, 4.69) is 15.0 Å². The molecule has 124 valence electrons. The van der Waals surface area contributed by atoms with Gasteiger partial charge in [0.25, 0.3) is 5.56 Å². The van der Waals surface area contributed by atoms with Gasteiger partial charge in [0.05, 0.1) is 11.4 Å². The summed E-state index contributed by atoms with van der Waals surface area (Å²) >= 11 is 0. The van der Waals surface area contributed by atoms with Gasteiger partial charge < -0.3 is 4.57 Å². The largest absolute Gasteiger partial charge is 0.316 e. The summed E-state index contributed by atoms with van der Waals surface area (Å²) in [6.45, 7) is 0.583. The first-order valence-corrected chi connectivity index (χ1v) is 7.80. The highest BCUT2D eigenvalue weighted by Crippen LogP contribution is 2.13. The van der Waals surface area contributed by atoms with Crippen LogP contribution < -0.4 is 5.56 Å². The van der Waals surface area contributed by atoms with Crippen LogP contribution in [0.5, 0.6) is 0 Å². The van der Waals surface area contributed by atoms with Crippen molar-refractivity contribution in [3.63, 3.8) is 0 Å².